The molecule has 0 aliphatic carbocycles. The van der Waals surface area contributed by atoms with Gasteiger partial charge in [0.1, 0.15) is 0 Å². The Bertz CT molecular complexity index is 416. The first-order valence-electron chi connectivity index (χ1n) is 20.2. The summed E-state index contributed by atoms with van der Waals surface area (Å²) in [5.41, 5.74) is 0. The zero-order valence-electron chi connectivity index (χ0n) is 30.0. The van der Waals surface area contributed by atoms with E-state index in [2.05, 4.69) is 27.7 Å². The molecule has 0 amide bonds. The summed E-state index contributed by atoms with van der Waals surface area (Å²) in [7, 11) is -0.958. The van der Waals surface area contributed by atoms with Gasteiger partial charge in [-0.25, -0.2) is 0 Å². The highest BCUT2D eigenvalue weighted by atomic mass is 28.3. The van der Waals surface area contributed by atoms with Gasteiger partial charge >= 0.3 is 0 Å². The van der Waals surface area contributed by atoms with Gasteiger partial charge in [-0.05, 0) is 0 Å². The molecule has 0 fully saturated rings. The fourth-order valence-corrected chi connectivity index (χ4v) is 11.3. The molecule has 248 valence electrons. The largest absolute Gasteiger partial charge is 0.0678 e. The smallest absolute Gasteiger partial charge is 0.0530 e. The minimum absolute atomic E-state index is 0.958. The average molecular weight is 593 g/mol. The first-order valence-corrected chi connectivity index (χ1v) is 23.1. The van der Waals surface area contributed by atoms with Crippen LogP contribution in [0.4, 0.5) is 0 Å². The van der Waals surface area contributed by atoms with Crippen LogP contribution in [0, 0.1) is 0 Å². The van der Waals surface area contributed by atoms with E-state index in [1.54, 1.807) is 37.0 Å². The Morgan fingerprint density at radius 3 is 0.561 bits per heavy atom. The third-order valence-corrected chi connectivity index (χ3v) is 16.4. The predicted octanol–water partition coefficient (Wildman–Crippen LogP) is 16.0. The molecule has 0 aromatic rings. The van der Waals surface area contributed by atoms with Crippen LogP contribution in [0.2, 0.25) is 24.2 Å². The van der Waals surface area contributed by atoms with Crippen molar-refractivity contribution in [1.29, 1.82) is 0 Å². The number of rotatable bonds is 36. The third-order valence-electron chi connectivity index (χ3n) is 10.6. The Balaban J connectivity index is 3.50. The maximum atomic E-state index is 2.54. The maximum absolute atomic E-state index is 2.54. The van der Waals surface area contributed by atoms with Gasteiger partial charge in [-0.1, -0.05) is 257 Å². The Labute approximate surface area is 264 Å². The van der Waals surface area contributed by atoms with Gasteiger partial charge in [-0.2, -0.15) is 0 Å². The molecule has 0 saturated heterocycles. The number of unbranched alkanes of at least 4 members (excludes halogenated alkanes) is 30. The zero-order chi connectivity index (χ0) is 30.0. The van der Waals surface area contributed by atoms with E-state index in [-0.39, 0.29) is 0 Å². The molecule has 0 aliphatic heterocycles. The Morgan fingerprint density at radius 2 is 0.390 bits per heavy atom. The lowest BCUT2D eigenvalue weighted by Gasteiger charge is -2.30. The second-order valence-corrected chi connectivity index (χ2v) is 19.7. The first-order chi connectivity index (χ1) is 20.2. The number of hydrogen-bond acceptors (Lipinski definition) is 0. The molecule has 0 N–H and O–H groups in total. The summed E-state index contributed by atoms with van der Waals surface area (Å²) in [4.78, 5) is 0. The average Bonchev–Trinajstić information content (AvgIpc) is 2.99. The van der Waals surface area contributed by atoms with Gasteiger partial charge in [0.2, 0.25) is 0 Å². The molecular weight excluding hydrogens is 509 g/mol. The summed E-state index contributed by atoms with van der Waals surface area (Å²) in [6.45, 7) is 9.70. The van der Waals surface area contributed by atoms with Gasteiger partial charge in [0.05, 0.1) is 8.07 Å². The second kappa shape index (κ2) is 34.7. The van der Waals surface area contributed by atoms with E-state index in [1.165, 1.54) is 193 Å². The molecule has 0 saturated carbocycles. The lowest BCUT2D eigenvalue weighted by molar-refractivity contribution is 0.530. The van der Waals surface area contributed by atoms with E-state index >= 15 is 0 Å². The molecule has 41 heavy (non-hydrogen) atoms. The monoisotopic (exact) mass is 593 g/mol. The highest BCUT2D eigenvalue weighted by Gasteiger charge is 2.27. The van der Waals surface area contributed by atoms with Gasteiger partial charge in [0.15, 0.2) is 0 Å². The van der Waals surface area contributed by atoms with Crippen LogP contribution in [0.15, 0.2) is 0 Å². The van der Waals surface area contributed by atoms with Crippen molar-refractivity contribution >= 4 is 8.07 Å². The highest BCUT2D eigenvalue weighted by Crippen LogP contribution is 2.31. The fourth-order valence-electron chi connectivity index (χ4n) is 7.18. The van der Waals surface area contributed by atoms with E-state index in [1.807, 2.05) is 0 Å². The van der Waals surface area contributed by atoms with Gasteiger partial charge in [0, 0.05) is 0 Å². The first kappa shape index (κ1) is 41.2. The van der Waals surface area contributed by atoms with Crippen molar-refractivity contribution in [1.82, 2.24) is 0 Å². The normalized spacial score (nSPS) is 12.0. The van der Waals surface area contributed by atoms with Crippen LogP contribution in [0.1, 0.15) is 233 Å². The van der Waals surface area contributed by atoms with Crippen LogP contribution in [0.5, 0.6) is 0 Å². The van der Waals surface area contributed by atoms with Crippen LogP contribution in [0.3, 0.4) is 0 Å². The molecule has 0 aliphatic rings. The van der Waals surface area contributed by atoms with E-state index in [9.17, 15) is 0 Å². The molecule has 0 atom stereocenters. The van der Waals surface area contributed by atoms with Crippen molar-refractivity contribution in [3.63, 3.8) is 0 Å². The summed E-state index contributed by atoms with van der Waals surface area (Å²) in [5, 5.41) is 0. The summed E-state index contributed by atoms with van der Waals surface area (Å²) in [6.07, 6.45) is 47.6. The summed E-state index contributed by atoms with van der Waals surface area (Å²) < 4.78 is 0. The zero-order valence-corrected chi connectivity index (χ0v) is 31.0. The van der Waals surface area contributed by atoms with E-state index in [0.29, 0.717) is 0 Å². The van der Waals surface area contributed by atoms with Crippen molar-refractivity contribution in [3.8, 4) is 0 Å². The Kier molecular flexibility index (Phi) is 34.9. The minimum atomic E-state index is -0.958. The quantitative estimate of drug-likeness (QED) is 0.0501. The summed E-state index contributed by atoms with van der Waals surface area (Å²) >= 11 is 0. The highest BCUT2D eigenvalue weighted by molar-refractivity contribution is 6.79. The summed E-state index contributed by atoms with van der Waals surface area (Å²) in [5.74, 6) is 0. The molecular formula is C40H84Si. The van der Waals surface area contributed by atoms with Crippen molar-refractivity contribution < 1.29 is 0 Å². The van der Waals surface area contributed by atoms with Crippen molar-refractivity contribution in [3.05, 3.63) is 0 Å². The van der Waals surface area contributed by atoms with Crippen LogP contribution >= 0.6 is 0 Å². The lowest BCUT2D eigenvalue weighted by Crippen LogP contribution is -2.31. The summed E-state index contributed by atoms with van der Waals surface area (Å²) in [6, 6.07) is 6.36. The van der Waals surface area contributed by atoms with Gasteiger partial charge in [0.25, 0.3) is 0 Å². The lowest BCUT2D eigenvalue weighted by atomic mass is 10.0. The molecule has 1 heteroatoms. The van der Waals surface area contributed by atoms with Crippen LogP contribution < -0.4 is 0 Å². The van der Waals surface area contributed by atoms with E-state index < -0.39 is 8.07 Å². The van der Waals surface area contributed by atoms with Gasteiger partial charge < -0.3 is 0 Å². The standard InChI is InChI=1S/C40H84Si/c1-5-9-11-13-15-17-19-21-23-25-27-29-31-33-35-37-39-41(7-3,8-4)40-38-36-34-32-30-28-26-24-22-20-18-16-14-12-10-6-2/h5-40H2,1-4H3. The molecule has 0 nitrogen and oxygen atoms in total. The molecule has 0 aromatic heterocycles. The van der Waals surface area contributed by atoms with Gasteiger partial charge in [-0.3, -0.25) is 0 Å². The van der Waals surface area contributed by atoms with Crippen molar-refractivity contribution in [2.45, 2.75) is 257 Å². The van der Waals surface area contributed by atoms with E-state index in [4.69, 9.17) is 0 Å². The van der Waals surface area contributed by atoms with Crippen molar-refractivity contribution in [2.75, 3.05) is 0 Å². The van der Waals surface area contributed by atoms with Gasteiger partial charge in [-0.15, -0.1) is 0 Å². The second-order valence-electron chi connectivity index (χ2n) is 14.3. The van der Waals surface area contributed by atoms with Crippen LogP contribution in [-0.4, -0.2) is 8.07 Å². The third kappa shape index (κ3) is 30.0. The topological polar surface area (TPSA) is 0 Å². The molecule has 0 bridgehead atoms. The molecule has 0 aromatic carbocycles. The number of hydrogen-bond donors (Lipinski definition) is 0. The Hall–Kier alpha value is 0.217. The Morgan fingerprint density at radius 1 is 0.220 bits per heavy atom. The SMILES string of the molecule is CCCCCCCCCCCCCCCCCC[Si](CC)(CC)CCCCCCCCCCCCCCCCCC. The van der Waals surface area contributed by atoms with Crippen LogP contribution in [-0.2, 0) is 0 Å². The van der Waals surface area contributed by atoms with Crippen molar-refractivity contribution in [2.24, 2.45) is 0 Å². The maximum Gasteiger partial charge on any atom is 0.0530 e. The van der Waals surface area contributed by atoms with Crippen LogP contribution in [0.25, 0.3) is 0 Å². The predicted molar refractivity (Wildman–Crippen MR) is 195 cm³/mol. The minimum Gasteiger partial charge on any atom is -0.0678 e. The molecule has 0 spiro atoms. The van der Waals surface area contributed by atoms with E-state index in [0.717, 1.165) is 0 Å². The molecule has 0 radical (unpaired) electrons. The molecule has 0 rings (SSSR count). The molecule has 0 unspecified atom stereocenters. The fraction of sp³-hybridized carbons (Fsp3) is 1.00. The molecule has 0 heterocycles.